The molecule has 1 aromatic heterocycles. The molecule has 0 aliphatic rings. The summed E-state index contributed by atoms with van der Waals surface area (Å²) in [5, 5.41) is 3.52. The lowest BCUT2D eigenvalue weighted by Crippen LogP contribution is -2.24. The summed E-state index contributed by atoms with van der Waals surface area (Å²) in [6, 6.07) is 2.85. The van der Waals surface area contributed by atoms with E-state index in [2.05, 4.69) is 55.1 Å². The highest BCUT2D eigenvalue weighted by Gasteiger charge is 2.22. The number of hydrogen-bond donors (Lipinski definition) is 1. The molecule has 1 N–H and O–H groups in total. The van der Waals surface area contributed by atoms with Crippen molar-refractivity contribution in [1.82, 2.24) is 5.32 Å². The highest BCUT2D eigenvalue weighted by atomic mass is 79.9. The molecular formula is C14H24BrNS. The van der Waals surface area contributed by atoms with Crippen LogP contribution in [0.2, 0.25) is 0 Å². The summed E-state index contributed by atoms with van der Waals surface area (Å²) in [6.45, 7) is 6.74. The lowest BCUT2D eigenvalue weighted by atomic mass is 9.89. The van der Waals surface area contributed by atoms with Gasteiger partial charge in [-0.05, 0) is 60.3 Å². The molecule has 17 heavy (non-hydrogen) atoms. The molecule has 98 valence electrons. The SMILES string of the molecule is CCCC(CCC)C(NC)c1cc(C)c(Br)s1. The molecule has 0 fully saturated rings. The van der Waals surface area contributed by atoms with Gasteiger partial charge in [-0.25, -0.2) is 0 Å². The normalized spacial score (nSPS) is 13.3. The molecule has 0 aliphatic heterocycles. The Morgan fingerprint density at radius 2 is 1.88 bits per heavy atom. The van der Waals surface area contributed by atoms with Gasteiger partial charge in [0.1, 0.15) is 0 Å². The minimum atomic E-state index is 0.518. The van der Waals surface area contributed by atoms with Crippen LogP contribution >= 0.6 is 27.3 Å². The maximum Gasteiger partial charge on any atom is 0.0731 e. The lowest BCUT2D eigenvalue weighted by molar-refractivity contribution is 0.335. The van der Waals surface area contributed by atoms with E-state index in [4.69, 9.17) is 0 Å². The molecule has 0 aliphatic carbocycles. The van der Waals surface area contributed by atoms with Crippen molar-refractivity contribution >= 4 is 27.3 Å². The third-order valence-electron chi connectivity index (χ3n) is 3.28. The van der Waals surface area contributed by atoms with E-state index in [-0.39, 0.29) is 0 Å². The number of thiophene rings is 1. The Labute approximate surface area is 118 Å². The highest BCUT2D eigenvalue weighted by molar-refractivity contribution is 9.11. The van der Waals surface area contributed by atoms with Gasteiger partial charge >= 0.3 is 0 Å². The van der Waals surface area contributed by atoms with Crippen LogP contribution in [0.1, 0.15) is 56.0 Å². The van der Waals surface area contributed by atoms with Crippen LogP contribution in [0.4, 0.5) is 0 Å². The van der Waals surface area contributed by atoms with Gasteiger partial charge in [0.05, 0.1) is 3.79 Å². The van der Waals surface area contributed by atoms with E-state index in [0.29, 0.717) is 6.04 Å². The predicted molar refractivity (Wildman–Crippen MR) is 81.9 cm³/mol. The van der Waals surface area contributed by atoms with Crippen LogP contribution in [0.3, 0.4) is 0 Å². The first-order valence-electron chi connectivity index (χ1n) is 6.57. The van der Waals surface area contributed by atoms with Gasteiger partial charge in [0.2, 0.25) is 0 Å². The summed E-state index contributed by atoms with van der Waals surface area (Å²) < 4.78 is 1.28. The van der Waals surface area contributed by atoms with Crippen molar-refractivity contribution < 1.29 is 0 Å². The van der Waals surface area contributed by atoms with Crippen LogP contribution in [0.25, 0.3) is 0 Å². The maximum absolute atomic E-state index is 3.63. The van der Waals surface area contributed by atoms with E-state index >= 15 is 0 Å². The van der Waals surface area contributed by atoms with Crippen LogP contribution in [0.5, 0.6) is 0 Å². The summed E-state index contributed by atoms with van der Waals surface area (Å²) in [6.07, 6.45) is 5.17. The van der Waals surface area contributed by atoms with Gasteiger partial charge in [-0.2, -0.15) is 0 Å². The average molecular weight is 318 g/mol. The monoisotopic (exact) mass is 317 g/mol. The zero-order chi connectivity index (χ0) is 12.8. The molecule has 0 saturated heterocycles. The topological polar surface area (TPSA) is 12.0 Å². The quantitative estimate of drug-likeness (QED) is 0.720. The number of rotatable bonds is 7. The van der Waals surface area contributed by atoms with Gasteiger partial charge in [-0.15, -0.1) is 11.3 Å². The number of aryl methyl sites for hydroxylation is 1. The number of nitrogens with one attached hydrogen (secondary N) is 1. The molecule has 1 aromatic rings. The first-order chi connectivity index (χ1) is 8.13. The summed E-state index contributed by atoms with van der Waals surface area (Å²) in [5.74, 6) is 0.764. The van der Waals surface area contributed by atoms with Crippen LogP contribution in [0.15, 0.2) is 9.85 Å². The molecular weight excluding hydrogens is 294 g/mol. The second-order valence-corrected chi connectivity index (χ2v) is 7.11. The van der Waals surface area contributed by atoms with Crippen molar-refractivity contribution in [2.24, 2.45) is 5.92 Å². The smallest absolute Gasteiger partial charge is 0.0731 e. The van der Waals surface area contributed by atoms with Gasteiger partial charge in [0.25, 0.3) is 0 Å². The van der Waals surface area contributed by atoms with Crippen molar-refractivity contribution in [2.45, 2.75) is 52.5 Å². The van der Waals surface area contributed by atoms with Crippen LogP contribution < -0.4 is 5.32 Å². The first kappa shape index (κ1) is 15.2. The predicted octanol–water partition coefficient (Wildman–Crippen LogP) is 5.30. The fourth-order valence-corrected chi connectivity index (χ4v) is 4.24. The van der Waals surface area contributed by atoms with E-state index in [1.54, 1.807) is 0 Å². The molecule has 3 heteroatoms. The van der Waals surface area contributed by atoms with Crippen LogP contribution in [-0.2, 0) is 0 Å². The van der Waals surface area contributed by atoms with Gasteiger partial charge in [-0.3, -0.25) is 0 Å². The molecule has 0 aromatic carbocycles. The third-order valence-corrected chi connectivity index (χ3v) is 5.50. The summed E-state index contributed by atoms with van der Waals surface area (Å²) in [5.41, 5.74) is 1.36. The fourth-order valence-electron chi connectivity index (χ4n) is 2.47. The fraction of sp³-hybridized carbons (Fsp3) is 0.714. The van der Waals surface area contributed by atoms with Gasteiger partial charge in [-0.1, -0.05) is 26.7 Å². The Kier molecular flexibility index (Phi) is 6.75. The van der Waals surface area contributed by atoms with E-state index in [0.717, 1.165) is 5.92 Å². The van der Waals surface area contributed by atoms with Crippen LogP contribution in [-0.4, -0.2) is 7.05 Å². The largest absolute Gasteiger partial charge is 0.312 e. The zero-order valence-electron chi connectivity index (χ0n) is 11.3. The Morgan fingerprint density at radius 1 is 1.29 bits per heavy atom. The second kappa shape index (κ2) is 7.55. The van der Waals surface area contributed by atoms with E-state index < -0.39 is 0 Å². The molecule has 0 spiro atoms. The second-order valence-electron chi connectivity index (χ2n) is 4.71. The van der Waals surface area contributed by atoms with Crippen molar-refractivity contribution in [3.63, 3.8) is 0 Å². The molecule has 0 radical (unpaired) electrons. The maximum atomic E-state index is 3.63. The van der Waals surface area contributed by atoms with Crippen molar-refractivity contribution in [1.29, 1.82) is 0 Å². The van der Waals surface area contributed by atoms with E-state index in [1.807, 2.05) is 11.3 Å². The Balaban J connectivity index is 2.86. The van der Waals surface area contributed by atoms with Crippen molar-refractivity contribution in [3.8, 4) is 0 Å². The minimum absolute atomic E-state index is 0.518. The number of hydrogen-bond acceptors (Lipinski definition) is 2. The van der Waals surface area contributed by atoms with E-state index in [1.165, 1.54) is 39.9 Å². The molecule has 1 nitrogen and oxygen atoms in total. The molecule has 1 atom stereocenters. The minimum Gasteiger partial charge on any atom is -0.312 e. The first-order valence-corrected chi connectivity index (χ1v) is 8.18. The summed E-state index contributed by atoms with van der Waals surface area (Å²) in [4.78, 5) is 1.48. The Bertz CT molecular complexity index is 309. The summed E-state index contributed by atoms with van der Waals surface area (Å²) >= 11 is 5.51. The summed E-state index contributed by atoms with van der Waals surface area (Å²) in [7, 11) is 2.09. The molecule has 0 amide bonds. The Morgan fingerprint density at radius 3 is 2.24 bits per heavy atom. The average Bonchev–Trinajstić information content (AvgIpc) is 2.61. The molecule has 0 bridgehead atoms. The van der Waals surface area contributed by atoms with Crippen molar-refractivity contribution in [3.05, 3.63) is 20.3 Å². The van der Waals surface area contributed by atoms with E-state index in [9.17, 15) is 0 Å². The van der Waals surface area contributed by atoms with Gasteiger partial charge in [0.15, 0.2) is 0 Å². The van der Waals surface area contributed by atoms with Gasteiger partial charge < -0.3 is 5.32 Å². The molecule has 1 heterocycles. The third kappa shape index (κ3) is 4.08. The molecule has 1 unspecified atom stereocenters. The highest BCUT2D eigenvalue weighted by Crippen LogP contribution is 2.37. The molecule has 0 saturated carbocycles. The van der Waals surface area contributed by atoms with Gasteiger partial charge in [0, 0.05) is 10.9 Å². The number of halogens is 1. The standard InChI is InChI=1S/C14H24BrNS/c1-5-7-11(8-6-2)13(16-4)12-9-10(3)14(15)17-12/h9,11,13,16H,5-8H2,1-4H3. The van der Waals surface area contributed by atoms with Crippen LogP contribution in [0, 0.1) is 12.8 Å². The zero-order valence-corrected chi connectivity index (χ0v) is 13.7. The van der Waals surface area contributed by atoms with Crippen molar-refractivity contribution in [2.75, 3.05) is 7.05 Å². The Hall–Kier alpha value is 0.140. The lowest BCUT2D eigenvalue weighted by Gasteiger charge is -2.25. The molecule has 1 rings (SSSR count).